The molecule has 0 amide bonds. The van der Waals surface area contributed by atoms with Crippen molar-refractivity contribution in [3.8, 4) is 17.1 Å². The predicted molar refractivity (Wildman–Crippen MR) is 69.5 cm³/mol. The average Bonchev–Trinajstić information content (AvgIpc) is 2.89. The normalized spacial score (nSPS) is 10.9. The quantitative estimate of drug-likeness (QED) is 0.668. The Bertz CT molecular complexity index is 718. The number of anilines is 2. The van der Waals surface area contributed by atoms with Gasteiger partial charge in [-0.3, -0.25) is 0 Å². The second-order valence-corrected chi connectivity index (χ2v) is 4.60. The maximum atomic E-state index is 5.77. The van der Waals surface area contributed by atoms with Crippen molar-refractivity contribution in [1.82, 2.24) is 19.8 Å². The summed E-state index contributed by atoms with van der Waals surface area (Å²) in [5.41, 5.74) is 12.8. The molecule has 0 fully saturated rings. The molecule has 0 spiro atoms. The number of fused-ring (bicyclic) bond motifs is 1. The predicted octanol–water partition coefficient (Wildman–Crippen LogP) is 1.03. The first-order valence-electron chi connectivity index (χ1n) is 5.10. The Kier molecular flexibility index (Phi) is 2.30. The van der Waals surface area contributed by atoms with Crippen LogP contribution < -0.4 is 16.2 Å². The number of nitrogens with zero attached hydrogens (tertiary/aromatic N) is 4. The van der Waals surface area contributed by atoms with Gasteiger partial charge in [-0.1, -0.05) is 11.3 Å². The highest BCUT2D eigenvalue weighted by Crippen LogP contribution is 2.29. The monoisotopic (exact) mass is 262 g/mol. The highest BCUT2D eigenvalue weighted by Gasteiger charge is 2.13. The van der Waals surface area contributed by atoms with E-state index in [9.17, 15) is 0 Å². The van der Waals surface area contributed by atoms with Crippen LogP contribution in [0.25, 0.3) is 16.3 Å². The fourth-order valence-corrected chi connectivity index (χ4v) is 2.27. The summed E-state index contributed by atoms with van der Waals surface area (Å²) in [6.07, 6.45) is 0. The fourth-order valence-electron chi connectivity index (χ4n) is 1.66. The first kappa shape index (κ1) is 10.8. The third kappa shape index (κ3) is 1.54. The Morgan fingerprint density at radius 1 is 1.28 bits per heavy atom. The van der Waals surface area contributed by atoms with Crippen molar-refractivity contribution < 1.29 is 4.74 Å². The molecule has 0 unspecified atom stereocenters. The van der Waals surface area contributed by atoms with E-state index in [0.717, 1.165) is 5.56 Å². The van der Waals surface area contributed by atoms with Gasteiger partial charge < -0.3 is 16.2 Å². The van der Waals surface area contributed by atoms with Crippen LogP contribution in [0.2, 0.25) is 0 Å². The second-order valence-electron chi connectivity index (χ2n) is 3.62. The van der Waals surface area contributed by atoms with Gasteiger partial charge in [0.1, 0.15) is 5.75 Å². The molecule has 8 heteroatoms. The number of hydrogen-bond acceptors (Lipinski definition) is 7. The molecule has 4 N–H and O–H groups in total. The minimum absolute atomic E-state index is 0.448. The lowest BCUT2D eigenvalue weighted by Gasteiger charge is -2.05. The van der Waals surface area contributed by atoms with Gasteiger partial charge in [-0.15, -0.1) is 15.3 Å². The van der Waals surface area contributed by atoms with Crippen LogP contribution in [0, 0.1) is 0 Å². The molecule has 1 aromatic carbocycles. The molecule has 3 rings (SSSR count). The summed E-state index contributed by atoms with van der Waals surface area (Å²) < 4.78 is 6.78. The second kappa shape index (κ2) is 3.84. The smallest absolute Gasteiger partial charge is 0.236 e. The summed E-state index contributed by atoms with van der Waals surface area (Å²) in [5, 5.41) is 12.7. The van der Waals surface area contributed by atoms with Crippen LogP contribution >= 0.6 is 11.3 Å². The molecule has 0 aliphatic heterocycles. The Morgan fingerprint density at radius 3 is 2.89 bits per heavy atom. The number of ether oxygens (including phenoxy) is 1. The van der Waals surface area contributed by atoms with Crippen molar-refractivity contribution in [1.29, 1.82) is 0 Å². The van der Waals surface area contributed by atoms with Crippen LogP contribution in [-0.2, 0) is 0 Å². The Balaban J connectivity index is 2.19. The lowest BCUT2D eigenvalue weighted by atomic mass is 10.2. The number of nitrogen functional groups attached to an aromatic ring is 2. The number of rotatable bonds is 2. The SMILES string of the molecule is COc1cc(-c2nnc3sc(N)nn23)ccc1N. The van der Waals surface area contributed by atoms with E-state index < -0.39 is 0 Å². The van der Waals surface area contributed by atoms with Crippen LogP contribution in [0.1, 0.15) is 0 Å². The Hall–Kier alpha value is -2.35. The molecular formula is C10H10N6OS. The van der Waals surface area contributed by atoms with Gasteiger partial charge in [-0.25, -0.2) is 0 Å². The minimum Gasteiger partial charge on any atom is -0.495 e. The molecule has 0 aliphatic rings. The third-order valence-corrected chi connectivity index (χ3v) is 3.23. The zero-order chi connectivity index (χ0) is 12.7. The minimum atomic E-state index is 0.448. The molecule has 0 bridgehead atoms. The molecule has 2 heterocycles. The largest absolute Gasteiger partial charge is 0.495 e. The van der Waals surface area contributed by atoms with Gasteiger partial charge in [0.25, 0.3) is 0 Å². The molecule has 0 saturated carbocycles. The highest BCUT2D eigenvalue weighted by atomic mass is 32.1. The number of benzene rings is 1. The van der Waals surface area contributed by atoms with Gasteiger partial charge in [0, 0.05) is 5.56 Å². The van der Waals surface area contributed by atoms with Crippen LogP contribution in [0.3, 0.4) is 0 Å². The number of methoxy groups -OCH3 is 1. The molecule has 2 aromatic heterocycles. The van der Waals surface area contributed by atoms with Crippen molar-refractivity contribution in [2.24, 2.45) is 0 Å². The van der Waals surface area contributed by atoms with Gasteiger partial charge >= 0.3 is 0 Å². The van der Waals surface area contributed by atoms with E-state index in [1.165, 1.54) is 11.3 Å². The van der Waals surface area contributed by atoms with Crippen LogP contribution in [0.4, 0.5) is 10.8 Å². The average molecular weight is 262 g/mol. The van der Waals surface area contributed by atoms with Crippen LogP contribution in [0.5, 0.6) is 5.75 Å². The summed E-state index contributed by atoms with van der Waals surface area (Å²) in [4.78, 5) is 0.651. The lowest BCUT2D eigenvalue weighted by Crippen LogP contribution is -1.95. The zero-order valence-electron chi connectivity index (χ0n) is 9.49. The van der Waals surface area contributed by atoms with Crippen LogP contribution in [0.15, 0.2) is 18.2 Å². The number of nitrogens with two attached hydrogens (primary N) is 2. The molecular weight excluding hydrogens is 252 g/mol. The van der Waals surface area contributed by atoms with E-state index in [0.29, 0.717) is 27.4 Å². The highest BCUT2D eigenvalue weighted by molar-refractivity contribution is 7.20. The van der Waals surface area contributed by atoms with Crippen molar-refractivity contribution >= 4 is 27.1 Å². The van der Waals surface area contributed by atoms with Gasteiger partial charge in [-0.05, 0) is 18.2 Å². The third-order valence-electron chi connectivity index (χ3n) is 2.50. The Morgan fingerprint density at radius 2 is 2.11 bits per heavy atom. The molecule has 92 valence electrons. The van der Waals surface area contributed by atoms with E-state index in [2.05, 4.69) is 15.3 Å². The van der Waals surface area contributed by atoms with E-state index in [1.807, 2.05) is 6.07 Å². The summed E-state index contributed by atoms with van der Waals surface area (Å²) in [6, 6.07) is 5.39. The van der Waals surface area contributed by atoms with Crippen LogP contribution in [-0.4, -0.2) is 26.9 Å². The molecule has 0 saturated heterocycles. The van der Waals surface area contributed by atoms with Gasteiger partial charge in [-0.2, -0.15) is 4.52 Å². The van der Waals surface area contributed by atoms with E-state index >= 15 is 0 Å². The van der Waals surface area contributed by atoms with E-state index in [4.69, 9.17) is 16.2 Å². The molecule has 7 nitrogen and oxygen atoms in total. The lowest BCUT2D eigenvalue weighted by molar-refractivity contribution is 0.417. The standard InChI is InChI=1S/C10H10N6OS/c1-17-7-4-5(2-3-6(7)11)8-13-14-10-16(8)15-9(12)18-10/h2-4H,11H2,1H3,(H2,12,15). The van der Waals surface area contributed by atoms with Gasteiger partial charge in [0.15, 0.2) is 5.82 Å². The number of aromatic nitrogens is 4. The summed E-state index contributed by atoms with van der Waals surface area (Å²) in [6.45, 7) is 0. The van der Waals surface area contributed by atoms with Gasteiger partial charge in [0.2, 0.25) is 10.1 Å². The topological polar surface area (TPSA) is 104 Å². The van der Waals surface area contributed by atoms with E-state index in [1.54, 1.807) is 23.8 Å². The van der Waals surface area contributed by atoms with Gasteiger partial charge in [0.05, 0.1) is 12.8 Å². The fraction of sp³-hybridized carbons (Fsp3) is 0.100. The maximum Gasteiger partial charge on any atom is 0.236 e. The molecule has 0 radical (unpaired) electrons. The Labute approximate surface area is 106 Å². The van der Waals surface area contributed by atoms with Crippen molar-refractivity contribution in [3.05, 3.63) is 18.2 Å². The molecule has 18 heavy (non-hydrogen) atoms. The summed E-state index contributed by atoms with van der Waals surface area (Å²) >= 11 is 1.28. The van der Waals surface area contributed by atoms with E-state index in [-0.39, 0.29) is 0 Å². The van der Waals surface area contributed by atoms with Crippen molar-refractivity contribution in [2.45, 2.75) is 0 Å². The zero-order valence-corrected chi connectivity index (χ0v) is 10.3. The van der Waals surface area contributed by atoms with Crippen molar-refractivity contribution in [3.63, 3.8) is 0 Å². The summed E-state index contributed by atoms with van der Waals surface area (Å²) in [7, 11) is 1.57. The maximum absolute atomic E-state index is 5.77. The number of hydrogen-bond donors (Lipinski definition) is 2. The molecule has 0 aliphatic carbocycles. The first-order chi connectivity index (χ1) is 8.69. The van der Waals surface area contributed by atoms with Crippen molar-refractivity contribution in [2.75, 3.05) is 18.6 Å². The first-order valence-corrected chi connectivity index (χ1v) is 5.92. The summed E-state index contributed by atoms with van der Waals surface area (Å²) in [5.74, 6) is 1.20. The molecule has 3 aromatic rings. The molecule has 0 atom stereocenters.